The Hall–Kier alpha value is -2.05. The number of benzene rings is 1. The number of hydrogen-bond acceptors (Lipinski definition) is 4. The molecule has 1 fully saturated rings. The SMILES string of the molecule is COc1ccc(NC(=O)c2ccc(NC(=O)C3CC3)s2)cc1Cl. The fourth-order valence-electron chi connectivity index (χ4n) is 2.03. The van der Waals surface area contributed by atoms with Gasteiger partial charge in [0.25, 0.3) is 5.91 Å². The van der Waals surface area contributed by atoms with E-state index >= 15 is 0 Å². The second kappa shape index (κ2) is 6.60. The first-order valence-corrected chi connectivity index (χ1v) is 8.32. The van der Waals surface area contributed by atoms with Gasteiger partial charge >= 0.3 is 0 Å². The molecule has 1 saturated carbocycles. The Morgan fingerprint density at radius 1 is 1.22 bits per heavy atom. The molecule has 0 aliphatic heterocycles. The molecule has 120 valence electrons. The number of carbonyl (C=O) groups excluding carboxylic acids is 2. The summed E-state index contributed by atoms with van der Waals surface area (Å²) >= 11 is 7.28. The highest BCUT2D eigenvalue weighted by Gasteiger charge is 2.29. The zero-order valence-electron chi connectivity index (χ0n) is 12.4. The van der Waals surface area contributed by atoms with Gasteiger partial charge in [0, 0.05) is 11.6 Å². The average Bonchev–Trinajstić information content (AvgIpc) is 3.28. The van der Waals surface area contributed by atoms with E-state index < -0.39 is 0 Å². The van der Waals surface area contributed by atoms with E-state index in [-0.39, 0.29) is 17.7 Å². The lowest BCUT2D eigenvalue weighted by Crippen LogP contribution is -2.12. The van der Waals surface area contributed by atoms with Gasteiger partial charge in [-0.3, -0.25) is 9.59 Å². The van der Waals surface area contributed by atoms with Crippen LogP contribution in [0.25, 0.3) is 0 Å². The number of methoxy groups -OCH3 is 1. The molecule has 2 N–H and O–H groups in total. The molecule has 1 aliphatic carbocycles. The number of hydrogen-bond donors (Lipinski definition) is 2. The Kier molecular flexibility index (Phi) is 4.54. The maximum absolute atomic E-state index is 12.2. The van der Waals surface area contributed by atoms with E-state index in [0.29, 0.717) is 26.3 Å². The van der Waals surface area contributed by atoms with Crippen LogP contribution in [0.1, 0.15) is 22.5 Å². The molecule has 0 saturated heterocycles. The maximum atomic E-state index is 12.2. The van der Waals surface area contributed by atoms with Gasteiger partial charge in [-0.1, -0.05) is 11.6 Å². The third-order valence-corrected chi connectivity index (χ3v) is 4.73. The monoisotopic (exact) mass is 350 g/mol. The van der Waals surface area contributed by atoms with Gasteiger partial charge in [0.1, 0.15) is 5.75 Å². The van der Waals surface area contributed by atoms with Crippen LogP contribution in [0.15, 0.2) is 30.3 Å². The van der Waals surface area contributed by atoms with Crippen molar-refractivity contribution in [2.75, 3.05) is 17.7 Å². The molecular weight excluding hydrogens is 336 g/mol. The number of rotatable bonds is 5. The Morgan fingerprint density at radius 3 is 2.65 bits per heavy atom. The first-order valence-electron chi connectivity index (χ1n) is 7.12. The van der Waals surface area contributed by atoms with Crippen molar-refractivity contribution in [1.82, 2.24) is 0 Å². The van der Waals surface area contributed by atoms with Crippen LogP contribution in [0.5, 0.6) is 5.75 Å². The maximum Gasteiger partial charge on any atom is 0.265 e. The number of nitrogens with one attached hydrogen (secondary N) is 2. The third kappa shape index (κ3) is 3.83. The van der Waals surface area contributed by atoms with Crippen LogP contribution in [0.2, 0.25) is 5.02 Å². The molecule has 0 atom stereocenters. The van der Waals surface area contributed by atoms with Gasteiger partial charge in [0.15, 0.2) is 0 Å². The highest BCUT2D eigenvalue weighted by Crippen LogP contribution is 2.32. The van der Waals surface area contributed by atoms with Gasteiger partial charge in [0.05, 0.1) is 22.0 Å². The molecule has 1 aliphatic rings. The smallest absolute Gasteiger partial charge is 0.265 e. The van der Waals surface area contributed by atoms with E-state index in [1.807, 2.05) is 0 Å². The number of carbonyl (C=O) groups is 2. The molecular formula is C16H15ClN2O3S. The molecule has 0 spiro atoms. The molecule has 0 radical (unpaired) electrons. The van der Waals surface area contributed by atoms with Gasteiger partial charge in [-0.2, -0.15) is 0 Å². The molecule has 2 amide bonds. The standard InChI is InChI=1S/C16H15ClN2O3S/c1-22-12-5-4-10(8-11(12)17)18-16(21)13-6-7-14(23-13)19-15(20)9-2-3-9/h4-9H,2-3H2,1H3,(H,18,21)(H,19,20). The highest BCUT2D eigenvalue weighted by molar-refractivity contribution is 7.18. The predicted octanol–water partition coefficient (Wildman–Crippen LogP) is 4.01. The lowest BCUT2D eigenvalue weighted by molar-refractivity contribution is -0.117. The Bertz CT molecular complexity index is 756. The van der Waals surface area contributed by atoms with Crippen molar-refractivity contribution in [3.63, 3.8) is 0 Å². The molecule has 5 nitrogen and oxygen atoms in total. The normalized spacial score (nSPS) is 13.5. The van der Waals surface area contributed by atoms with Crippen molar-refractivity contribution in [3.8, 4) is 5.75 Å². The van der Waals surface area contributed by atoms with Crippen LogP contribution in [0.3, 0.4) is 0 Å². The second-order valence-electron chi connectivity index (χ2n) is 5.23. The van der Waals surface area contributed by atoms with E-state index in [9.17, 15) is 9.59 Å². The molecule has 1 aromatic heterocycles. The summed E-state index contributed by atoms with van der Waals surface area (Å²) < 4.78 is 5.07. The summed E-state index contributed by atoms with van der Waals surface area (Å²) in [7, 11) is 1.53. The Morgan fingerprint density at radius 2 is 2.00 bits per heavy atom. The summed E-state index contributed by atoms with van der Waals surface area (Å²) in [5.41, 5.74) is 0.581. The number of halogens is 1. The minimum atomic E-state index is -0.247. The van der Waals surface area contributed by atoms with E-state index in [4.69, 9.17) is 16.3 Å². The Labute approximate surface area is 142 Å². The van der Waals surface area contributed by atoms with Crippen LogP contribution < -0.4 is 15.4 Å². The van der Waals surface area contributed by atoms with E-state index in [1.54, 1.807) is 30.3 Å². The van der Waals surface area contributed by atoms with Crippen LogP contribution in [-0.4, -0.2) is 18.9 Å². The van der Waals surface area contributed by atoms with Crippen molar-refractivity contribution < 1.29 is 14.3 Å². The molecule has 2 aromatic rings. The van der Waals surface area contributed by atoms with Crippen LogP contribution in [0, 0.1) is 5.92 Å². The summed E-state index contributed by atoms with van der Waals surface area (Å²) in [6.45, 7) is 0. The van der Waals surface area contributed by atoms with E-state index in [0.717, 1.165) is 12.8 Å². The third-order valence-electron chi connectivity index (χ3n) is 3.43. The average molecular weight is 351 g/mol. The minimum Gasteiger partial charge on any atom is -0.495 e. The first-order chi connectivity index (χ1) is 11.1. The molecule has 23 heavy (non-hydrogen) atoms. The summed E-state index contributed by atoms with van der Waals surface area (Å²) in [5.74, 6) is 0.464. The van der Waals surface area contributed by atoms with Crippen molar-refractivity contribution in [3.05, 3.63) is 40.2 Å². The van der Waals surface area contributed by atoms with Crippen LogP contribution >= 0.6 is 22.9 Å². The predicted molar refractivity (Wildman–Crippen MR) is 91.6 cm³/mol. The summed E-state index contributed by atoms with van der Waals surface area (Å²) in [6.07, 6.45) is 1.89. The number of anilines is 2. The first kappa shape index (κ1) is 15.8. The molecule has 7 heteroatoms. The van der Waals surface area contributed by atoms with Gasteiger partial charge in [-0.25, -0.2) is 0 Å². The Balaban J connectivity index is 1.65. The summed E-state index contributed by atoms with van der Waals surface area (Å²) in [5, 5.41) is 6.71. The van der Waals surface area contributed by atoms with Gasteiger partial charge in [0.2, 0.25) is 5.91 Å². The van der Waals surface area contributed by atoms with Crippen molar-refractivity contribution in [2.45, 2.75) is 12.8 Å². The minimum absolute atomic E-state index is 0.0285. The van der Waals surface area contributed by atoms with Crippen molar-refractivity contribution in [2.24, 2.45) is 5.92 Å². The topological polar surface area (TPSA) is 67.4 Å². The molecule has 1 heterocycles. The second-order valence-corrected chi connectivity index (χ2v) is 6.72. The number of ether oxygens (including phenoxy) is 1. The molecule has 0 unspecified atom stereocenters. The van der Waals surface area contributed by atoms with Crippen molar-refractivity contribution in [1.29, 1.82) is 0 Å². The zero-order valence-corrected chi connectivity index (χ0v) is 14.0. The highest BCUT2D eigenvalue weighted by atomic mass is 35.5. The van der Waals surface area contributed by atoms with Gasteiger partial charge < -0.3 is 15.4 Å². The van der Waals surface area contributed by atoms with Gasteiger partial charge in [-0.05, 0) is 43.2 Å². The summed E-state index contributed by atoms with van der Waals surface area (Å²) in [4.78, 5) is 24.5. The summed E-state index contributed by atoms with van der Waals surface area (Å²) in [6, 6.07) is 8.45. The lowest BCUT2D eigenvalue weighted by Gasteiger charge is -2.07. The fraction of sp³-hybridized carbons (Fsp3) is 0.250. The largest absolute Gasteiger partial charge is 0.495 e. The molecule has 1 aromatic carbocycles. The van der Waals surface area contributed by atoms with E-state index in [2.05, 4.69) is 10.6 Å². The molecule has 3 rings (SSSR count). The fourth-order valence-corrected chi connectivity index (χ4v) is 3.10. The van der Waals surface area contributed by atoms with Crippen molar-refractivity contribution >= 4 is 45.4 Å². The zero-order chi connectivity index (χ0) is 16.4. The lowest BCUT2D eigenvalue weighted by atomic mass is 10.3. The van der Waals surface area contributed by atoms with Crippen LogP contribution in [-0.2, 0) is 4.79 Å². The van der Waals surface area contributed by atoms with Gasteiger partial charge in [-0.15, -0.1) is 11.3 Å². The van der Waals surface area contributed by atoms with E-state index in [1.165, 1.54) is 18.4 Å². The molecule has 0 bridgehead atoms. The number of thiophene rings is 1. The van der Waals surface area contributed by atoms with Crippen LogP contribution in [0.4, 0.5) is 10.7 Å². The quantitative estimate of drug-likeness (QED) is 0.856. The number of amides is 2.